The van der Waals surface area contributed by atoms with E-state index in [1.807, 2.05) is 6.07 Å². The zero-order valence-corrected chi connectivity index (χ0v) is 11.8. The molecule has 6 nitrogen and oxygen atoms in total. The van der Waals surface area contributed by atoms with E-state index in [-0.39, 0.29) is 5.91 Å². The second kappa shape index (κ2) is 6.21. The lowest BCUT2D eigenvalue weighted by Crippen LogP contribution is -2.19. The Morgan fingerprint density at radius 2 is 2.00 bits per heavy atom. The number of anilines is 3. The van der Waals surface area contributed by atoms with Gasteiger partial charge in [-0.1, -0.05) is 23.7 Å². The first-order valence-corrected chi connectivity index (χ1v) is 6.32. The van der Waals surface area contributed by atoms with Crippen LogP contribution in [0.2, 0.25) is 5.02 Å². The van der Waals surface area contributed by atoms with Gasteiger partial charge in [-0.3, -0.25) is 4.79 Å². The quantitative estimate of drug-likeness (QED) is 0.805. The topological polar surface area (TPSA) is 78.9 Å². The third-order valence-electron chi connectivity index (χ3n) is 2.62. The summed E-state index contributed by atoms with van der Waals surface area (Å²) in [6.07, 6.45) is 1.49. The second-order valence-electron chi connectivity index (χ2n) is 3.89. The fraction of sp³-hybridized carbons (Fsp3) is 0.154. The highest BCUT2D eigenvalue weighted by Gasteiger charge is 2.11. The Balaban J connectivity index is 2.37. The molecular formula is C13H14ClN5O. The van der Waals surface area contributed by atoms with Gasteiger partial charge in [-0.25, -0.2) is 4.98 Å². The Labute approximate surface area is 121 Å². The minimum atomic E-state index is -0.188. The first-order valence-electron chi connectivity index (χ1n) is 5.94. The van der Waals surface area contributed by atoms with E-state index in [9.17, 15) is 4.79 Å². The number of hydrogen-bond acceptors (Lipinski definition) is 5. The molecule has 1 aromatic heterocycles. The summed E-state index contributed by atoms with van der Waals surface area (Å²) in [7, 11) is 3.29. The maximum Gasteiger partial charge on any atom is 0.253 e. The lowest BCUT2D eigenvalue weighted by molar-refractivity contribution is 0.0964. The van der Waals surface area contributed by atoms with Crippen LogP contribution in [-0.4, -0.2) is 30.0 Å². The molecule has 20 heavy (non-hydrogen) atoms. The molecule has 0 aliphatic heterocycles. The van der Waals surface area contributed by atoms with Crippen molar-refractivity contribution in [2.24, 2.45) is 0 Å². The molecule has 2 aromatic rings. The van der Waals surface area contributed by atoms with Crippen LogP contribution in [0.5, 0.6) is 0 Å². The van der Waals surface area contributed by atoms with Gasteiger partial charge >= 0.3 is 0 Å². The summed E-state index contributed by atoms with van der Waals surface area (Å²) >= 11 is 6.05. The van der Waals surface area contributed by atoms with E-state index in [4.69, 9.17) is 11.6 Å². The van der Waals surface area contributed by atoms with Crippen molar-refractivity contribution >= 4 is 35.0 Å². The van der Waals surface area contributed by atoms with E-state index < -0.39 is 0 Å². The molecule has 0 bridgehead atoms. The third kappa shape index (κ3) is 2.97. The molecule has 0 saturated heterocycles. The van der Waals surface area contributed by atoms with Gasteiger partial charge < -0.3 is 16.0 Å². The first-order chi connectivity index (χ1) is 9.65. The number of hydrogen-bond donors (Lipinski definition) is 3. The minimum Gasteiger partial charge on any atom is -0.357 e. The highest BCUT2D eigenvalue weighted by atomic mass is 35.5. The molecule has 104 valence electrons. The second-order valence-corrected chi connectivity index (χ2v) is 4.30. The van der Waals surface area contributed by atoms with Gasteiger partial charge in [-0.15, -0.1) is 0 Å². The number of para-hydroxylation sites is 1. The van der Waals surface area contributed by atoms with Crippen LogP contribution in [0.4, 0.5) is 17.5 Å². The summed E-state index contributed by atoms with van der Waals surface area (Å²) < 4.78 is 0. The normalized spacial score (nSPS) is 9.95. The molecule has 0 aliphatic rings. The fourth-order valence-electron chi connectivity index (χ4n) is 1.63. The molecule has 0 unspecified atom stereocenters. The van der Waals surface area contributed by atoms with Crippen molar-refractivity contribution in [3.05, 3.63) is 41.0 Å². The minimum absolute atomic E-state index is 0.188. The summed E-state index contributed by atoms with van der Waals surface area (Å²) in [6.45, 7) is 0. The van der Waals surface area contributed by atoms with Gasteiger partial charge in [0.25, 0.3) is 5.91 Å². The number of carbonyl (C=O) groups is 1. The van der Waals surface area contributed by atoms with E-state index in [1.165, 1.54) is 6.20 Å². The molecule has 1 heterocycles. The number of halogens is 1. The molecular weight excluding hydrogens is 278 g/mol. The number of aromatic nitrogens is 2. The van der Waals surface area contributed by atoms with Crippen molar-refractivity contribution in [3.8, 4) is 0 Å². The van der Waals surface area contributed by atoms with Crippen molar-refractivity contribution in [1.82, 2.24) is 15.3 Å². The maximum absolute atomic E-state index is 11.8. The number of nitrogens with one attached hydrogen (secondary N) is 3. The van der Waals surface area contributed by atoms with Gasteiger partial charge in [0.1, 0.15) is 5.02 Å². The maximum atomic E-state index is 11.8. The Morgan fingerprint density at radius 1 is 1.25 bits per heavy atom. The van der Waals surface area contributed by atoms with E-state index in [0.717, 1.165) is 0 Å². The van der Waals surface area contributed by atoms with Crippen LogP contribution in [0.15, 0.2) is 30.5 Å². The predicted octanol–water partition coefficient (Wildman–Crippen LogP) is 2.27. The summed E-state index contributed by atoms with van der Waals surface area (Å²) in [5.41, 5.74) is 1.13. The summed E-state index contributed by atoms with van der Waals surface area (Å²) in [5.74, 6) is 0.684. The zero-order valence-electron chi connectivity index (χ0n) is 11.1. The number of amides is 1. The van der Waals surface area contributed by atoms with Gasteiger partial charge in [-0.2, -0.15) is 4.98 Å². The Morgan fingerprint density at radius 3 is 2.70 bits per heavy atom. The molecule has 7 heteroatoms. The molecule has 0 atom stereocenters. The van der Waals surface area contributed by atoms with Crippen LogP contribution < -0.4 is 16.0 Å². The molecule has 0 spiro atoms. The standard InChI is InChI=1S/C13H14ClN5O/c1-15-12(20)8-5-3-4-6-10(8)18-11-9(14)7-17-13(16-2)19-11/h3-7H,1-2H3,(H,15,20)(H2,16,17,18,19). The van der Waals surface area contributed by atoms with E-state index in [2.05, 4.69) is 25.9 Å². The summed E-state index contributed by atoms with van der Waals surface area (Å²) in [4.78, 5) is 20.0. The van der Waals surface area contributed by atoms with E-state index in [1.54, 1.807) is 32.3 Å². The monoisotopic (exact) mass is 291 g/mol. The van der Waals surface area contributed by atoms with Crippen molar-refractivity contribution in [2.45, 2.75) is 0 Å². The SMILES string of the molecule is CNC(=O)c1ccccc1Nc1nc(NC)ncc1Cl. The molecule has 1 aromatic carbocycles. The van der Waals surface area contributed by atoms with Crippen LogP contribution in [0, 0.1) is 0 Å². The molecule has 2 rings (SSSR count). The molecule has 0 fully saturated rings. The summed E-state index contributed by atoms with van der Waals surface area (Å²) in [6, 6.07) is 7.11. The first kappa shape index (κ1) is 14.1. The van der Waals surface area contributed by atoms with Crippen molar-refractivity contribution in [1.29, 1.82) is 0 Å². The zero-order chi connectivity index (χ0) is 14.5. The number of nitrogens with zero attached hydrogens (tertiary/aromatic N) is 2. The van der Waals surface area contributed by atoms with Crippen LogP contribution in [0.1, 0.15) is 10.4 Å². The van der Waals surface area contributed by atoms with Crippen LogP contribution >= 0.6 is 11.6 Å². The van der Waals surface area contributed by atoms with E-state index in [0.29, 0.717) is 28.0 Å². The largest absolute Gasteiger partial charge is 0.357 e. The Hall–Kier alpha value is -2.34. The van der Waals surface area contributed by atoms with Crippen molar-refractivity contribution in [3.63, 3.8) is 0 Å². The molecule has 0 saturated carbocycles. The highest BCUT2D eigenvalue weighted by Crippen LogP contribution is 2.25. The number of rotatable bonds is 4. The van der Waals surface area contributed by atoms with Gasteiger partial charge in [0.2, 0.25) is 5.95 Å². The van der Waals surface area contributed by atoms with Gasteiger partial charge in [0, 0.05) is 14.1 Å². The Kier molecular flexibility index (Phi) is 4.37. The lowest BCUT2D eigenvalue weighted by atomic mass is 10.1. The van der Waals surface area contributed by atoms with Gasteiger partial charge in [0.15, 0.2) is 5.82 Å². The Bertz CT molecular complexity index is 632. The molecule has 3 N–H and O–H groups in total. The third-order valence-corrected chi connectivity index (χ3v) is 2.90. The van der Waals surface area contributed by atoms with Gasteiger partial charge in [-0.05, 0) is 12.1 Å². The highest BCUT2D eigenvalue weighted by molar-refractivity contribution is 6.33. The van der Waals surface area contributed by atoms with Gasteiger partial charge in [0.05, 0.1) is 17.4 Å². The van der Waals surface area contributed by atoms with Crippen LogP contribution in [0.25, 0.3) is 0 Å². The molecule has 0 radical (unpaired) electrons. The van der Waals surface area contributed by atoms with Crippen LogP contribution in [-0.2, 0) is 0 Å². The number of carbonyl (C=O) groups excluding carboxylic acids is 1. The van der Waals surface area contributed by atoms with Crippen molar-refractivity contribution in [2.75, 3.05) is 24.7 Å². The molecule has 1 amide bonds. The summed E-state index contributed by atoms with van der Waals surface area (Å²) in [5, 5.41) is 8.83. The molecule has 0 aliphatic carbocycles. The van der Waals surface area contributed by atoms with E-state index >= 15 is 0 Å². The van der Waals surface area contributed by atoms with Crippen LogP contribution in [0.3, 0.4) is 0 Å². The lowest BCUT2D eigenvalue weighted by Gasteiger charge is -2.12. The number of benzene rings is 1. The average Bonchev–Trinajstić information content (AvgIpc) is 2.49. The predicted molar refractivity (Wildman–Crippen MR) is 79.7 cm³/mol. The fourth-order valence-corrected chi connectivity index (χ4v) is 1.77. The smallest absolute Gasteiger partial charge is 0.253 e. The van der Waals surface area contributed by atoms with Crippen molar-refractivity contribution < 1.29 is 4.79 Å². The average molecular weight is 292 g/mol.